The third-order valence-corrected chi connectivity index (χ3v) is 3.21. The Labute approximate surface area is 66.7 Å². The molecular formula is C8H15NO2. The lowest BCUT2D eigenvalue weighted by Crippen LogP contribution is -2.51. The molecule has 0 radical (unpaired) electrons. The molecule has 0 aromatic heterocycles. The predicted octanol–water partition coefficient (Wildman–Crippen LogP) is 0.295. The van der Waals surface area contributed by atoms with Crippen LogP contribution in [0, 0.1) is 11.3 Å². The zero-order valence-corrected chi connectivity index (χ0v) is 7.16. The van der Waals surface area contributed by atoms with Crippen molar-refractivity contribution in [2.24, 2.45) is 11.3 Å². The number of aliphatic hydroxyl groups is 1. The van der Waals surface area contributed by atoms with Gasteiger partial charge in [-0.05, 0) is 0 Å². The fourth-order valence-corrected chi connectivity index (χ4v) is 1.78. The number of aliphatic hydroxyl groups excluding tert-OH is 1. The number of nitrogens with one attached hydrogen (secondary N) is 1. The standard InChI is InChI=1S/C8H15NO2/c1-4-6(10)9-7-5(11-7)8(4,2)3/h4-7,9-10H,1-3H3. The van der Waals surface area contributed by atoms with Crippen molar-refractivity contribution in [3.8, 4) is 0 Å². The lowest BCUT2D eigenvalue weighted by Gasteiger charge is -2.37. The summed E-state index contributed by atoms with van der Waals surface area (Å²) in [4.78, 5) is 0. The number of epoxide rings is 1. The lowest BCUT2D eigenvalue weighted by atomic mass is 9.74. The van der Waals surface area contributed by atoms with E-state index in [2.05, 4.69) is 26.1 Å². The zero-order chi connectivity index (χ0) is 8.22. The highest BCUT2D eigenvalue weighted by molar-refractivity contribution is 5.03. The molecule has 0 amide bonds. The smallest absolute Gasteiger partial charge is 0.137 e. The van der Waals surface area contributed by atoms with Gasteiger partial charge in [0.2, 0.25) is 0 Å². The molecule has 2 rings (SSSR count). The van der Waals surface area contributed by atoms with Crippen LogP contribution in [0.15, 0.2) is 0 Å². The first kappa shape index (κ1) is 7.53. The van der Waals surface area contributed by atoms with Crippen LogP contribution in [0.3, 0.4) is 0 Å². The summed E-state index contributed by atoms with van der Waals surface area (Å²) in [5, 5.41) is 12.5. The molecule has 2 aliphatic heterocycles. The Morgan fingerprint density at radius 1 is 1.45 bits per heavy atom. The van der Waals surface area contributed by atoms with E-state index in [1.165, 1.54) is 0 Å². The van der Waals surface area contributed by atoms with E-state index in [-0.39, 0.29) is 17.6 Å². The Morgan fingerprint density at radius 2 is 2.09 bits per heavy atom. The molecule has 2 saturated heterocycles. The summed E-state index contributed by atoms with van der Waals surface area (Å²) in [6.45, 7) is 6.34. The Balaban J connectivity index is 2.18. The van der Waals surface area contributed by atoms with Gasteiger partial charge in [0.1, 0.15) is 18.6 Å². The second-order valence-corrected chi connectivity index (χ2v) is 4.20. The van der Waals surface area contributed by atoms with Gasteiger partial charge in [0.25, 0.3) is 0 Å². The molecule has 0 aromatic rings. The fourth-order valence-electron chi connectivity index (χ4n) is 1.78. The molecule has 3 nitrogen and oxygen atoms in total. The lowest BCUT2D eigenvalue weighted by molar-refractivity contribution is -0.00421. The fraction of sp³-hybridized carbons (Fsp3) is 1.00. The minimum atomic E-state index is -0.409. The quantitative estimate of drug-likeness (QED) is 0.497. The van der Waals surface area contributed by atoms with Crippen LogP contribution in [0.4, 0.5) is 0 Å². The topological polar surface area (TPSA) is 44.8 Å². The van der Waals surface area contributed by atoms with Gasteiger partial charge >= 0.3 is 0 Å². The first-order chi connectivity index (χ1) is 5.03. The number of piperidine rings is 1. The highest BCUT2D eigenvalue weighted by Crippen LogP contribution is 2.47. The summed E-state index contributed by atoms with van der Waals surface area (Å²) >= 11 is 0. The van der Waals surface area contributed by atoms with Crippen molar-refractivity contribution in [2.75, 3.05) is 0 Å². The normalized spacial score (nSPS) is 53.5. The average Bonchev–Trinajstić information content (AvgIpc) is 2.64. The van der Waals surface area contributed by atoms with E-state index in [4.69, 9.17) is 4.74 Å². The molecule has 2 heterocycles. The molecular weight excluding hydrogens is 142 g/mol. The summed E-state index contributed by atoms with van der Waals surface area (Å²) in [5.41, 5.74) is 0.106. The minimum Gasteiger partial charge on any atom is -0.378 e. The number of rotatable bonds is 0. The van der Waals surface area contributed by atoms with Crippen LogP contribution in [0.1, 0.15) is 20.8 Å². The van der Waals surface area contributed by atoms with Crippen molar-refractivity contribution in [1.82, 2.24) is 5.32 Å². The number of fused-ring (bicyclic) bond motifs is 1. The van der Waals surface area contributed by atoms with Gasteiger partial charge in [-0.25, -0.2) is 0 Å². The number of hydrogen-bond acceptors (Lipinski definition) is 3. The Hall–Kier alpha value is -0.120. The van der Waals surface area contributed by atoms with Crippen LogP contribution in [0.5, 0.6) is 0 Å². The van der Waals surface area contributed by atoms with Crippen LogP contribution in [0.25, 0.3) is 0 Å². The Bertz CT molecular complexity index is 181. The van der Waals surface area contributed by atoms with E-state index >= 15 is 0 Å². The van der Waals surface area contributed by atoms with Gasteiger partial charge < -0.3 is 9.84 Å². The van der Waals surface area contributed by atoms with Crippen LogP contribution in [0.2, 0.25) is 0 Å². The van der Waals surface area contributed by atoms with Crippen molar-refractivity contribution in [2.45, 2.75) is 39.3 Å². The van der Waals surface area contributed by atoms with Gasteiger partial charge in [0, 0.05) is 11.3 Å². The van der Waals surface area contributed by atoms with Crippen molar-refractivity contribution < 1.29 is 9.84 Å². The molecule has 0 saturated carbocycles. The monoisotopic (exact) mass is 157 g/mol. The van der Waals surface area contributed by atoms with Gasteiger partial charge in [0.05, 0.1) is 0 Å². The average molecular weight is 157 g/mol. The van der Waals surface area contributed by atoms with E-state index in [1.54, 1.807) is 0 Å². The highest BCUT2D eigenvalue weighted by atomic mass is 16.6. The van der Waals surface area contributed by atoms with Crippen LogP contribution < -0.4 is 5.32 Å². The predicted molar refractivity (Wildman–Crippen MR) is 40.7 cm³/mol. The third-order valence-electron chi connectivity index (χ3n) is 3.21. The summed E-state index contributed by atoms with van der Waals surface area (Å²) in [5.74, 6) is 0.256. The second kappa shape index (κ2) is 1.97. The van der Waals surface area contributed by atoms with Crippen molar-refractivity contribution >= 4 is 0 Å². The molecule has 64 valence electrons. The molecule has 3 heteroatoms. The summed E-state index contributed by atoms with van der Waals surface area (Å²) in [6, 6.07) is 0. The van der Waals surface area contributed by atoms with E-state index in [0.717, 1.165) is 0 Å². The van der Waals surface area contributed by atoms with E-state index in [0.29, 0.717) is 6.10 Å². The van der Waals surface area contributed by atoms with Crippen molar-refractivity contribution in [3.05, 3.63) is 0 Å². The SMILES string of the molecule is CC1C(O)NC2OC2C1(C)C. The molecule has 2 fully saturated rings. The number of ether oxygens (including phenoxy) is 1. The Morgan fingerprint density at radius 3 is 2.73 bits per heavy atom. The number of hydrogen-bond donors (Lipinski definition) is 2. The summed E-state index contributed by atoms with van der Waals surface area (Å²) in [6.07, 6.45) is 0.00542. The molecule has 2 N–H and O–H groups in total. The Kier molecular flexibility index (Phi) is 1.35. The first-order valence-corrected chi connectivity index (χ1v) is 4.13. The summed E-state index contributed by atoms with van der Waals surface area (Å²) < 4.78 is 5.36. The van der Waals surface area contributed by atoms with Gasteiger partial charge in [-0.2, -0.15) is 0 Å². The molecule has 0 spiro atoms. The van der Waals surface area contributed by atoms with Gasteiger partial charge in [0.15, 0.2) is 0 Å². The van der Waals surface area contributed by atoms with Crippen LogP contribution in [-0.4, -0.2) is 23.7 Å². The molecule has 0 bridgehead atoms. The maximum atomic E-state index is 9.52. The minimum absolute atomic E-state index is 0.106. The summed E-state index contributed by atoms with van der Waals surface area (Å²) in [7, 11) is 0. The van der Waals surface area contributed by atoms with E-state index < -0.39 is 6.23 Å². The van der Waals surface area contributed by atoms with Crippen molar-refractivity contribution in [3.63, 3.8) is 0 Å². The molecule has 2 aliphatic rings. The maximum Gasteiger partial charge on any atom is 0.137 e. The highest BCUT2D eigenvalue weighted by Gasteiger charge is 2.58. The largest absolute Gasteiger partial charge is 0.378 e. The van der Waals surface area contributed by atoms with E-state index in [9.17, 15) is 5.11 Å². The molecule has 4 atom stereocenters. The molecule has 0 aliphatic carbocycles. The van der Waals surface area contributed by atoms with Gasteiger partial charge in [-0.1, -0.05) is 20.8 Å². The maximum absolute atomic E-state index is 9.52. The molecule has 4 unspecified atom stereocenters. The van der Waals surface area contributed by atoms with Crippen molar-refractivity contribution in [1.29, 1.82) is 0 Å². The van der Waals surface area contributed by atoms with Gasteiger partial charge in [-0.15, -0.1) is 0 Å². The van der Waals surface area contributed by atoms with Gasteiger partial charge in [-0.3, -0.25) is 5.32 Å². The van der Waals surface area contributed by atoms with Crippen LogP contribution >= 0.6 is 0 Å². The van der Waals surface area contributed by atoms with E-state index in [1.807, 2.05) is 0 Å². The van der Waals surface area contributed by atoms with Crippen LogP contribution in [-0.2, 0) is 4.74 Å². The first-order valence-electron chi connectivity index (χ1n) is 4.13. The second-order valence-electron chi connectivity index (χ2n) is 4.20. The molecule has 11 heavy (non-hydrogen) atoms. The zero-order valence-electron chi connectivity index (χ0n) is 7.16. The molecule has 0 aromatic carbocycles. The third kappa shape index (κ3) is 0.916.